The van der Waals surface area contributed by atoms with Gasteiger partial charge < -0.3 is 10.1 Å². The SMILES string of the molecule is Cc1cc(OCC(=O)Nc2cccc([N+](=O)[O-])c2C)cc(C)c1Cl. The van der Waals surface area contributed by atoms with Gasteiger partial charge in [-0.25, -0.2) is 0 Å². The first-order chi connectivity index (χ1) is 11.3. The predicted octanol–water partition coefficient (Wildman–Crippen LogP) is 4.19. The molecule has 0 aliphatic rings. The van der Waals surface area contributed by atoms with Gasteiger partial charge in [-0.2, -0.15) is 0 Å². The molecule has 0 atom stereocenters. The van der Waals surface area contributed by atoms with Crippen LogP contribution in [0, 0.1) is 30.9 Å². The number of amides is 1. The van der Waals surface area contributed by atoms with Crippen LogP contribution in [0.1, 0.15) is 16.7 Å². The molecule has 0 aliphatic heterocycles. The third-order valence-electron chi connectivity index (χ3n) is 3.56. The maximum atomic E-state index is 12.0. The number of hydrogen-bond donors (Lipinski definition) is 1. The largest absolute Gasteiger partial charge is 0.484 e. The molecule has 0 unspecified atom stereocenters. The van der Waals surface area contributed by atoms with Crippen molar-refractivity contribution < 1.29 is 14.5 Å². The smallest absolute Gasteiger partial charge is 0.274 e. The number of halogens is 1. The number of hydrogen-bond acceptors (Lipinski definition) is 4. The summed E-state index contributed by atoms with van der Waals surface area (Å²) in [6, 6.07) is 8.02. The first kappa shape index (κ1) is 17.7. The van der Waals surface area contributed by atoms with E-state index in [9.17, 15) is 14.9 Å². The minimum absolute atomic E-state index is 0.0438. The second-order valence-corrected chi connectivity index (χ2v) is 5.79. The summed E-state index contributed by atoms with van der Waals surface area (Å²) in [6.45, 7) is 5.09. The van der Waals surface area contributed by atoms with Gasteiger partial charge in [0.05, 0.1) is 16.2 Å². The standard InChI is InChI=1S/C17H17ClN2O4/c1-10-7-13(8-11(2)17(10)18)24-9-16(21)19-14-5-4-6-15(12(14)3)20(22)23/h4-8H,9H2,1-3H3,(H,19,21). The average Bonchev–Trinajstić information content (AvgIpc) is 2.52. The Balaban J connectivity index is 2.04. The molecule has 0 saturated carbocycles. The average molecular weight is 349 g/mol. The summed E-state index contributed by atoms with van der Waals surface area (Å²) in [5.41, 5.74) is 2.47. The molecule has 0 bridgehead atoms. The minimum Gasteiger partial charge on any atom is -0.484 e. The van der Waals surface area contributed by atoms with Crippen molar-refractivity contribution in [3.63, 3.8) is 0 Å². The second-order valence-electron chi connectivity index (χ2n) is 5.41. The Labute approximate surface area is 144 Å². The van der Waals surface area contributed by atoms with Crippen molar-refractivity contribution in [2.75, 3.05) is 11.9 Å². The van der Waals surface area contributed by atoms with Crippen LogP contribution in [0.25, 0.3) is 0 Å². The molecule has 0 spiro atoms. The number of aryl methyl sites for hydroxylation is 2. The van der Waals surface area contributed by atoms with Crippen molar-refractivity contribution >= 4 is 28.9 Å². The fourth-order valence-electron chi connectivity index (χ4n) is 2.28. The van der Waals surface area contributed by atoms with Gasteiger partial charge in [0, 0.05) is 11.1 Å². The number of nitro groups is 1. The van der Waals surface area contributed by atoms with Gasteiger partial charge in [0.1, 0.15) is 5.75 Å². The van der Waals surface area contributed by atoms with E-state index < -0.39 is 10.8 Å². The van der Waals surface area contributed by atoms with Crippen molar-refractivity contribution in [2.45, 2.75) is 20.8 Å². The number of nitrogens with one attached hydrogen (secondary N) is 1. The van der Waals surface area contributed by atoms with E-state index in [1.54, 1.807) is 25.1 Å². The maximum Gasteiger partial charge on any atom is 0.274 e. The number of nitro benzene ring substituents is 1. The lowest BCUT2D eigenvalue weighted by Gasteiger charge is -2.11. The Kier molecular flexibility index (Phi) is 5.41. The number of nitrogens with zero attached hydrogens (tertiary/aromatic N) is 1. The quantitative estimate of drug-likeness (QED) is 0.648. The van der Waals surface area contributed by atoms with Crippen LogP contribution in [-0.2, 0) is 4.79 Å². The lowest BCUT2D eigenvalue weighted by atomic mass is 10.1. The zero-order valence-corrected chi connectivity index (χ0v) is 14.3. The second kappa shape index (κ2) is 7.31. The fraction of sp³-hybridized carbons (Fsp3) is 0.235. The molecule has 0 saturated heterocycles. The van der Waals surface area contributed by atoms with Gasteiger partial charge in [0.2, 0.25) is 0 Å². The summed E-state index contributed by atoms with van der Waals surface area (Å²) in [4.78, 5) is 22.5. The van der Waals surface area contributed by atoms with Crippen molar-refractivity contribution in [2.24, 2.45) is 0 Å². The van der Waals surface area contributed by atoms with Crippen LogP contribution in [0.2, 0.25) is 5.02 Å². The normalized spacial score (nSPS) is 10.3. The number of rotatable bonds is 5. The van der Waals surface area contributed by atoms with Crippen LogP contribution in [0.15, 0.2) is 30.3 Å². The first-order valence-corrected chi connectivity index (χ1v) is 7.60. The summed E-state index contributed by atoms with van der Waals surface area (Å²) in [6.07, 6.45) is 0. The molecule has 6 nitrogen and oxygen atoms in total. The van der Waals surface area contributed by atoms with E-state index in [1.165, 1.54) is 12.1 Å². The summed E-state index contributed by atoms with van der Waals surface area (Å²) in [5, 5.41) is 14.2. The lowest BCUT2D eigenvalue weighted by Crippen LogP contribution is -2.20. The van der Waals surface area contributed by atoms with Crippen LogP contribution < -0.4 is 10.1 Å². The molecule has 7 heteroatoms. The third kappa shape index (κ3) is 4.02. The van der Waals surface area contributed by atoms with Gasteiger partial charge in [-0.15, -0.1) is 0 Å². The number of carbonyl (C=O) groups excluding carboxylic acids is 1. The van der Waals surface area contributed by atoms with Crippen molar-refractivity contribution in [1.82, 2.24) is 0 Å². The van der Waals surface area contributed by atoms with Gasteiger partial charge in [-0.05, 0) is 50.1 Å². The van der Waals surface area contributed by atoms with E-state index in [1.807, 2.05) is 13.8 Å². The van der Waals surface area contributed by atoms with Crippen molar-refractivity contribution in [1.29, 1.82) is 0 Å². The highest BCUT2D eigenvalue weighted by Gasteiger charge is 2.15. The Morgan fingerprint density at radius 3 is 2.46 bits per heavy atom. The molecule has 0 fully saturated rings. The Bertz CT molecular complexity index is 782. The molecule has 2 aromatic carbocycles. The van der Waals surface area contributed by atoms with E-state index in [0.29, 0.717) is 22.0 Å². The molecule has 2 aromatic rings. The molecule has 1 amide bonds. The van der Waals surface area contributed by atoms with Crippen LogP contribution in [0.4, 0.5) is 11.4 Å². The molecule has 0 heterocycles. The number of ether oxygens (including phenoxy) is 1. The van der Waals surface area contributed by atoms with E-state index in [-0.39, 0.29) is 12.3 Å². The van der Waals surface area contributed by atoms with Gasteiger partial charge in [0.25, 0.3) is 11.6 Å². The van der Waals surface area contributed by atoms with Crippen molar-refractivity contribution in [3.05, 3.63) is 62.2 Å². The third-order valence-corrected chi connectivity index (χ3v) is 4.15. The Morgan fingerprint density at radius 2 is 1.88 bits per heavy atom. The molecular formula is C17H17ClN2O4. The predicted molar refractivity (Wildman–Crippen MR) is 92.9 cm³/mol. The Hall–Kier alpha value is -2.60. The van der Waals surface area contributed by atoms with Crippen LogP contribution in [0.5, 0.6) is 5.75 Å². The number of carbonyl (C=O) groups is 1. The Morgan fingerprint density at radius 1 is 1.25 bits per heavy atom. The van der Waals surface area contributed by atoms with Gasteiger partial charge in [-0.1, -0.05) is 17.7 Å². The number of anilines is 1. The van der Waals surface area contributed by atoms with Crippen molar-refractivity contribution in [3.8, 4) is 5.75 Å². The van der Waals surface area contributed by atoms with E-state index in [2.05, 4.69) is 5.32 Å². The molecule has 2 rings (SSSR count). The summed E-state index contributed by atoms with van der Waals surface area (Å²) in [7, 11) is 0. The molecule has 0 aliphatic carbocycles. The lowest BCUT2D eigenvalue weighted by molar-refractivity contribution is -0.385. The molecule has 0 aromatic heterocycles. The highest BCUT2D eigenvalue weighted by Crippen LogP contribution is 2.26. The highest BCUT2D eigenvalue weighted by molar-refractivity contribution is 6.32. The molecular weight excluding hydrogens is 332 g/mol. The van der Waals surface area contributed by atoms with E-state index in [4.69, 9.17) is 16.3 Å². The minimum atomic E-state index is -0.485. The molecule has 24 heavy (non-hydrogen) atoms. The molecule has 126 valence electrons. The van der Waals surface area contributed by atoms with Crippen LogP contribution in [-0.4, -0.2) is 17.4 Å². The molecule has 1 N–H and O–H groups in total. The van der Waals surface area contributed by atoms with Crippen LogP contribution >= 0.6 is 11.6 Å². The topological polar surface area (TPSA) is 81.5 Å². The van der Waals surface area contributed by atoms with E-state index >= 15 is 0 Å². The zero-order chi connectivity index (χ0) is 17.9. The van der Waals surface area contributed by atoms with Gasteiger partial charge >= 0.3 is 0 Å². The monoisotopic (exact) mass is 348 g/mol. The number of benzene rings is 2. The first-order valence-electron chi connectivity index (χ1n) is 7.23. The van der Waals surface area contributed by atoms with E-state index in [0.717, 1.165) is 11.1 Å². The van der Waals surface area contributed by atoms with Gasteiger partial charge in [-0.3, -0.25) is 14.9 Å². The zero-order valence-electron chi connectivity index (χ0n) is 13.6. The summed E-state index contributed by atoms with van der Waals surface area (Å²) >= 11 is 6.09. The summed E-state index contributed by atoms with van der Waals surface area (Å²) < 4.78 is 5.47. The molecule has 0 radical (unpaired) electrons. The summed E-state index contributed by atoms with van der Waals surface area (Å²) in [5.74, 6) is 0.143. The highest BCUT2D eigenvalue weighted by atomic mass is 35.5. The fourth-order valence-corrected chi connectivity index (χ4v) is 2.39. The van der Waals surface area contributed by atoms with Gasteiger partial charge in [0.15, 0.2) is 6.61 Å². The van der Waals surface area contributed by atoms with Crippen LogP contribution in [0.3, 0.4) is 0 Å². The maximum absolute atomic E-state index is 12.0.